The van der Waals surface area contributed by atoms with Crippen molar-refractivity contribution in [1.29, 1.82) is 0 Å². The summed E-state index contributed by atoms with van der Waals surface area (Å²) in [7, 11) is 3.65. The Morgan fingerprint density at radius 1 is 1.35 bits per heavy atom. The number of hydrogen-bond acceptors (Lipinski definition) is 4. The summed E-state index contributed by atoms with van der Waals surface area (Å²) in [5.41, 5.74) is 8.74. The van der Waals surface area contributed by atoms with Gasteiger partial charge in [-0.2, -0.15) is 5.10 Å². The number of para-hydroxylation sites is 2. The summed E-state index contributed by atoms with van der Waals surface area (Å²) in [4.78, 5) is 2.03. The van der Waals surface area contributed by atoms with Gasteiger partial charge in [0, 0.05) is 13.6 Å². The Morgan fingerprint density at radius 3 is 2.70 bits per heavy atom. The van der Waals surface area contributed by atoms with E-state index in [1.807, 2.05) is 47.8 Å². The van der Waals surface area contributed by atoms with Crippen LogP contribution in [0.5, 0.6) is 5.75 Å². The van der Waals surface area contributed by atoms with Crippen LogP contribution in [0.3, 0.4) is 0 Å². The van der Waals surface area contributed by atoms with Gasteiger partial charge in [0.25, 0.3) is 0 Å². The van der Waals surface area contributed by atoms with Crippen molar-refractivity contribution in [1.82, 2.24) is 9.78 Å². The van der Waals surface area contributed by atoms with Crippen LogP contribution in [-0.4, -0.2) is 23.9 Å². The Balaban J connectivity index is 2.50. The molecule has 0 aliphatic carbocycles. The highest BCUT2D eigenvalue weighted by Gasteiger charge is 2.19. The molecule has 0 atom stereocenters. The fourth-order valence-electron chi connectivity index (χ4n) is 2.33. The van der Waals surface area contributed by atoms with Crippen molar-refractivity contribution in [3.05, 3.63) is 30.0 Å². The summed E-state index contributed by atoms with van der Waals surface area (Å²) in [6, 6.07) is 7.89. The predicted molar refractivity (Wildman–Crippen MR) is 82.7 cm³/mol. The lowest BCUT2D eigenvalue weighted by Crippen LogP contribution is -2.17. The van der Waals surface area contributed by atoms with Crippen LogP contribution >= 0.6 is 0 Å². The molecular formula is C15H22N4O. The number of methoxy groups -OCH3 is 1. The fourth-order valence-corrected chi connectivity index (χ4v) is 2.33. The van der Waals surface area contributed by atoms with E-state index in [0.717, 1.165) is 35.9 Å². The van der Waals surface area contributed by atoms with E-state index in [4.69, 9.17) is 10.5 Å². The van der Waals surface area contributed by atoms with Gasteiger partial charge in [0.05, 0.1) is 24.2 Å². The molecule has 0 radical (unpaired) electrons. The van der Waals surface area contributed by atoms with Gasteiger partial charge in [0.2, 0.25) is 0 Å². The molecule has 108 valence electrons. The van der Waals surface area contributed by atoms with Crippen LogP contribution in [0.2, 0.25) is 0 Å². The van der Waals surface area contributed by atoms with Gasteiger partial charge < -0.3 is 15.4 Å². The monoisotopic (exact) mass is 274 g/mol. The maximum absolute atomic E-state index is 6.20. The molecule has 1 heterocycles. The molecule has 0 amide bonds. The Morgan fingerprint density at radius 2 is 2.05 bits per heavy atom. The Bertz CT molecular complexity index is 592. The number of anilines is 3. The first kappa shape index (κ1) is 14.2. The lowest BCUT2D eigenvalue weighted by molar-refractivity contribution is 0.415. The van der Waals surface area contributed by atoms with Crippen LogP contribution in [0, 0.1) is 6.92 Å². The molecule has 0 bridgehead atoms. The van der Waals surface area contributed by atoms with Gasteiger partial charge in [0.1, 0.15) is 5.75 Å². The number of benzene rings is 1. The minimum Gasteiger partial charge on any atom is -0.495 e. The van der Waals surface area contributed by atoms with Gasteiger partial charge in [-0.25, -0.2) is 4.68 Å². The number of aryl methyl sites for hydroxylation is 2. The Hall–Kier alpha value is -2.17. The van der Waals surface area contributed by atoms with Crippen molar-refractivity contribution in [2.24, 2.45) is 0 Å². The largest absolute Gasteiger partial charge is 0.495 e. The third-order valence-electron chi connectivity index (χ3n) is 3.35. The highest BCUT2D eigenvalue weighted by atomic mass is 16.5. The van der Waals surface area contributed by atoms with E-state index in [1.165, 1.54) is 0 Å². The summed E-state index contributed by atoms with van der Waals surface area (Å²) >= 11 is 0. The topological polar surface area (TPSA) is 56.3 Å². The van der Waals surface area contributed by atoms with Gasteiger partial charge in [-0.05, 0) is 25.5 Å². The molecule has 20 heavy (non-hydrogen) atoms. The SMILES string of the molecule is CCCn1nc(C)c(N)c1N(C)c1ccccc1OC. The molecule has 2 aromatic rings. The van der Waals surface area contributed by atoms with E-state index in [9.17, 15) is 0 Å². The molecule has 0 spiro atoms. The van der Waals surface area contributed by atoms with E-state index in [2.05, 4.69) is 12.0 Å². The summed E-state index contributed by atoms with van der Waals surface area (Å²) < 4.78 is 7.38. The molecule has 0 aliphatic heterocycles. The van der Waals surface area contributed by atoms with E-state index < -0.39 is 0 Å². The smallest absolute Gasteiger partial charge is 0.155 e. The standard InChI is InChI=1S/C15H22N4O/c1-5-10-19-15(14(16)11(2)17-19)18(3)12-8-6-7-9-13(12)20-4/h6-9H,5,10,16H2,1-4H3. The average Bonchev–Trinajstić information content (AvgIpc) is 2.73. The molecule has 0 unspecified atom stereocenters. The molecule has 0 aliphatic rings. The minimum atomic E-state index is 0.715. The number of nitrogen functional groups attached to an aromatic ring is 1. The number of nitrogens with two attached hydrogens (primary N) is 1. The van der Waals surface area contributed by atoms with Gasteiger partial charge in [-0.15, -0.1) is 0 Å². The third kappa shape index (κ3) is 2.43. The van der Waals surface area contributed by atoms with Crippen molar-refractivity contribution in [3.8, 4) is 5.75 Å². The molecule has 0 saturated heterocycles. The van der Waals surface area contributed by atoms with Crippen LogP contribution in [0.1, 0.15) is 19.0 Å². The van der Waals surface area contributed by atoms with Crippen molar-refractivity contribution in [2.75, 3.05) is 24.8 Å². The molecular weight excluding hydrogens is 252 g/mol. The second-order valence-corrected chi connectivity index (χ2v) is 4.78. The lowest BCUT2D eigenvalue weighted by Gasteiger charge is -2.23. The van der Waals surface area contributed by atoms with E-state index in [0.29, 0.717) is 5.69 Å². The maximum atomic E-state index is 6.20. The minimum absolute atomic E-state index is 0.715. The second kappa shape index (κ2) is 5.86. The van der Waals surface area contributed by atoms with E-state index in [-0.39, 0.29) is 0 Å². The van der Waals surface area contributed by atoms with Crippen molar-refractivity contribution >= 4 is 17.2 Å². The van der Waals surface area contributed by atoms with Gasteiger partial charge in [-0.1, -0.05) is 19.1 Å². The first-order valence-corrected chi connectivity index (χ1v) is 6.79. The summed E-state index contributed by atoms with van der Waals surface area (Å²) in [5, 5.41) is 4.51. The third-order valence-corrected chi connectivity index (χ3v) is 3.35. The molecule has 5 nitrogen and oxygen atoms in total. The highest BCUT2D eigenvalue weighted by Crippen LogP contribution is 2.36. The number of ether oxygens (including phenoxy) is 1. The predicted octanol–water partition coefficient (Wildman–Crippen LogP) is 2.96. The summed E-state index contributed by atoms with van der Waals surface area (Å²) in [6.07, 6.45) is 1.01. The molecule has 2 rings (SSSR count). The number of aromatic nitrogens is 2. The van der Waals surface area contributed by atoms with Crippen LogP contribution in [0.25, 0.3) is 0 Å². The van der Waals surface area contributed by atoms with Crippen LogP contribution in [0.15, 0.2) is 24.3 Å². The van der Waals surface area contributed by atoms with Crippen LogP contribution < -0.4 is 15.4 Å². The number of nitrogens with zero attached hydrogens (tertiary/aromatic N) is 3. The van der Waals surface area contributed by atoms with Crippen molar-refractivity contribution in [3.63, 3.8) is 0 Å². The normalized spacial score (nSPS) is 10.6. The first-order valence-electron chi connectivity index (χ1n) is 6.79. The first-order chi connectivity index (χ1) is 9.60. The molecule has 5 heteroatoms. The summed E-state index contributed by atoms with van der Waals surface area (Å²) in [5.74, 6) is 1.73. The van der Waals surface area contributed by atoms with Crippen LogP contribution in [-0.2, 0) is 6.54 Å². The molecule has 1 aromatic heterocycles. The number of rotatable bonds is 5. The van der Waals surface area contributed by atoms with Crippen LogP contribution in [0.4, 0.5) is 17.2 Å². The van der Waals surface area contributed by atoms with E-state index >= 15 is 0 Å². The molecule has 2 N–H and O–H groups in total. The van der Waals surface area contributed by atoms with Crippen molar-refractivity contribution < 1.29 is 4.74 Å². The summed E-state index contributed by atoms with van der Waals surface area (Å²) in [6.45, 7) is 4.90. The zero-order valence-corrected chi connectivity index (χ0v) is 12.6. The quantitative estimate of drug-likeness (QED) is 0.910. The van der Waals surface area contributed by atoms with E-state index in [1.54, 1.807) is 7.11 Å². The zero-order valence-electron chi connectivity index (χ0n) is 12.6. The lowest BCUT2D eigenvalue weighted by atomic mass is 10.2. The molecule has 1 aromatic carbocycles. The Labute approximate surface area is 119 Å². The van der Waals surface area contributed by atoms with Gasteiger partial charge in [0.15, 0.2) is 5.82 Å². The molecule has 0 fully saturated rings. The van der Waals surface area contributed by atoms with Gasteiger partial charge >= 0.3 is 0 Å². The zero-order chi connectivity index (χ0) is 14.7. The van der Waals surface area contributed by atoms with Crippen molar-refractivity contribution in [2.45, 2.75) is 26.8 Å². The maximum Gasteiger partial charge on any atom is 0.155 e. The number of hydrogen-bond donors (Lipinski definition) is 1. The highest BCUT2D eigenvalue weighted by molar-refractivity contribution is 5.75. The van der Waals surface area contributed by atoms with Gasteiger partial charge in [-0.3, -0.25) is 0 Å². The second-order valence-electron chi connectivity index (χ2n) is 4.78. The molecule has 0 saturated carbocycles. The fraction of sp³-hybridized carbons (Fsp3) is 0.400. The average molecular weight is 274 g/mol. The Kier molecular flexibility index (Phi) is 4.17.